The molecule has 2 N–H and O–H groups in total. The molecule has 0 aliphatic heterocycles. The summed E-state index contributed by atoms with van der Waals surface area (Å²) in [6.07, 6.45) is 8.80. The Hall–Kier alpha value is -2.63. The molecule has 25 heavy (non-hydrogen) atoms. The molecule has 0 unspecified atom stereocenters. The maximum Gasteiger partial charge on any atom is 0.271 e. The lowest BCUT2D eigenvalue weighted by atomic mass is 10.1. The molecule has 0 bridgehead atoms. The number of rotatable bonds is 7. The molecular formula is C19H24N4O2. The highest BCUT2D eigenvalue weighted by atomic mass is 16.5. The predicted octanol–water partition coefficient (Wildman–Crippen LogP) is 2.81. The lowest BCUT2D eigenvalue weighted by Gasteiger charge is -2.12. The number of carbonyl (C=O) groups excluding carboxylic acids is 1. The Bertz CT molecular complexity index is 680. The molecule has 6 heteroatoms. The van der Waals surface area contributed by atoms with Gasteiger partial charge in [0, 0.05) is 12.6 Å². The van der Waals surface area contributed by atoms with Gasteiger partial charge in [0.2, 0.25) is 0 Å². The van der Waals surface area contributed by atoms with Crippen LogP contribution in [0.3, 0.4) is 0 Å². The molecule has 3 rings (SSSR count). The van der Waals surface area contributed by atoms with Gasteiger partial charge in [-0.15, -0.1) is 0 Å². The minimum Gasteiger partial charge on any atom is -0.497 e. The van der Waals surface area contributed by atoms with Gasteiger partial charge in [-0.3, -0.25) is 4.79 Å². The van der Waals surface area contributed by atoms with E-state index in [2.05, 4.69) is 20.6 Å². The van der Waals surface area contributed by atoms with Crippen molar-refractivity contribution in [1.82, 2.24) is 15.3 Å². The number of amides is 1. The third-order valence-corrected chi connectivity index (χ3v) is 4.45. The first-order chi connectivity index (χ1) is 12.2. The Kier molecular flexibility index (Phi) is 5.82. The molecule has 1 aromatic heterocycles. The van der Waals surface area contributed by atoms with Gasteiger partial charge in [-0.1, -0.05) is 25.0 Å². The van der Waals surface area contributed by atoms with Crippen LogP contribution in [0.2, 0.25) is 0 Å². The molecule has 1 amide bonds. The second kappa shape index (κ2) is 8.46. The van der Waals surface area contributed by atoms with Crippen molar-refractivity contribution >= 4 is 11.7 Å². The molecular weight excluding hydrogens is 316 g/mol. The molecule has 132 valence electrons. The van der Waals surface area contributed by atoms with E-state index in [-0.39, 0.29) is 5.91 Å². The van der Waals surface area contributed by atoms with E-state index in [0.717, 1.165) is 23.6 Å². The fraction of sp³-hybridized carbons (Fsp3) is 0.421. The topological polar surface area (TPSA) is 76.1 Å². The molecule has 1 aromatic carbocycles. The van der Waals surface area contributed by atoms with Gasteiger partial charge < -0.3 is 15.4 Å². The number of ether oxygens (including phenoxy) is 1. The molecule has 1 heterocycles. The SMILES string of the molecule is COc1ccc(CCNC(=O)c2cnc(NC3CCCC3)cn2)cc1. The first-order valence-corrected chi connectivity index (χ1v) is 8.74. The average Bonchev–Trinajstić information content (AvgIpc) is 3.16. The van der Waals surface area contributed by atoms with Gasteiger partial charge in [0.15, 0.2) is 0 Å². The Morgan fingerprint density at radius 1 is 1.16 bits per heavy atom. The molecule has 6 nitrogen and oxygen atoms in total. The standard InChI is InChI=1S/C19H24N4O2/c1-25-16-8-6-14(7-9-16)10-11-20-19(24)17-12-22-18(13-21-17)23-15-4-2-3-5-15/h6-9,12-13,15H,2-5,10-11H2,1H3,(H,20,24)(H,22,23). The molecule has 0 saturated heterocycles. The summed E-state index contributed by atoms with van der Waals surface area (Å²) >= 11 is 0. The molecule has 0 atom stereocenters. The molecule has 1 fully saturated rings. The first kappa shape index (κ1) is 17.2. The average molecular weight is 340 g/mol. The summed E-state index contributed by atoms with van der Waals surface area (Å²) in [6, 6.07) is 8.30. The number of methoxy groups -OCH3 is 1. The second-order valence-corrected chi connectivity index (χ2v) is 6.27. The Balaban J connectivity index is 1.45. The van der Waals surface area contributed by atoms with E-state index >= 15 is 0 Å². The minimum atomic E-state index is -0.201. The zero-order valence-electron chi connectivity index (χ0n) is 14.5. The van der Waals surface area contributed by atoms with Crippen molar-refractivity contribution in [3.05, 3.63) is 47.9 Å². The van der Waals surface area contributed by atoms with Crippen molar-refractivity contribution < 1.29 is 9.53 Å². The normalized spacial score (nSPS) is 14.3. The largest absolute Gasteiger partial charge is 0.497 e. The van der Waals surface area contributed by atoms with Crippen LogP contribution in [-0.2, 0) is 6.42 Å². The summed E-state index contributed by atoms with van der Waals surface area (Å²) in [5.41, 5.74) is 1.48. The van der Waals surface area contributed by atoms with Crippen LogP contribution in [0.5, 0.6) is 5.75 Å². The Morgan fingerprint density at radius 2 is 1.92 bits per heavy atom. The van der Waals surface area contributed by atoms with Gasteiger partial charge in [0.05, 0.1) is 19.5 Å². The van der Waals surface area contributed by atoms with Crippen molar-refractivity contribution in [2.75, 3.05) is 19.0 Å². The van der Waals surface area contributed by atoms with Crippen molar-refractivity contribution in [2.45, 2.75) is 38.1 Å². The van der Waals surface area contributed by atoms with Crippen molar-refractivity contribution in [1.29, 1.82) is 0 Å². The summed E-state index contributed by atoms with van der Waals surface area (Å²) in [5.74, 6) is 1.37. The van der Waals surface area contributed by atoms with Crippen LogP contribution in [0, 0.1) is 0 Å². The van der Waals surface area contributed by atoms with Gasteiger partial charge in [-0.25, -0.2) is 9.97 Å². The smallest absolute Gasteiger partial charge is 0.271 e. The van der Waals surface area contributed by atoms with Crippen LogP contribution in [0.25, 0.3) is 0 Å². The highest BCUT2D eigenvalue weighted by molar-refractivity contribution is 5.91. The zero-order valence-corrected chi connectivity index (χ0v) is 14.5. The van der Waals surface area contributed by atoms with Crippen molar-refractivity contribution in [3.63, 3.8) is 0 Å². The number of hydrogen-bond acceptors (Lipinski definition) is 5. The highest BCUT2D eigenvalue weighted by Crippen LogP contribution is 2.20. The van der Waals surface area contributed by atoms with Gasteiger partial charge in [-0.05, 0) is 37.0 Å². The van der Waals surface area contributed by atoms with Crippen LogP contribution in [-0.4, -0.2) is 35.6 Å². The molecule has 1 aliphatic rings. The molecule has 1 aliphatic carbocycles. The number of benzene rings is 1. The summed E-state index contributed by atoms with van der Waals surface area (Å²) < 4.78 is 5.13. The van der Waals surface area contributed by atoms with E-state index in [1.54, 1.807) is 13.3 Å². The van der Waals surface area contributed by atoms with Gasteiger partial charge >= 0.3 is 0 Å². The number of aromatic nitrogens is 2. The maximum absolute atomic E-state index is 12.1. The van der Waals surface area contributed by atoms with Gasteiger partial charge in [0.25, 0.3) is 5.91 Å². The van der Waals surface area contributed by atoms with Gasteiger partial charge in [0.1, 0.15) is 17.3 Å². The lowest BCUT2D eigenvalue weighted by Crippen LogP contribution is -2.27. The van der Waals surface area contributed by atoms with E-state index < -0.39 is 0 Å². The van der Waals surface area contributed by atoms with Crippen LogP contribution in [0.1, 0.15) is 41.7 Å². The second-order valence-electron chi connectivity index (χ2n) is 6.27. The van der Waals surface area contributed by atoms with Crippen LogP contribution < -0.4 is 15.4 Å². The Morgan fingerprint density at radius 3 is 2.56 bits per heavy atom. The van der Waals surface area contributed by atoms with Crippen LogP contribution in [0.15, 0.2) is 36.7 Å². The zero-order chi connectivity index (χ0) is 17.5. The summed E-state index contributed by atoms with van der Waals surface area (Å²) in [6.45, 7) is 0.551. The van der Waals surface area contributed by atoms with E-state index in [1.165, 1.54) is 31.9 Å². The minimum absolute atomic E-state index is 0.201. The van der Waals surface area contributed by atoms with Crippen molar-refractivity contribution in [2.24, 2.45) is 0 Å². The first-order valence-electron chi connectivity index (χ1n) is 8.74. The van der Waals surface area contributed by atoms with Crippen LogP contribution in [0.4, 0.5) is 5.82 Å². The monoisotopic (exact) mass is 340 g/mol. The third-order valence-electron chi connectivity index (χ3n) is 4.45. The number of anilines is 1. The van der Waals surface area contributed by atoms with Gasteiger partial charge in [-0.2, -0.15) is 0 Å². The van der Waals surface area contributed by atoms with E-state index in [0.29, 0.717) is 18.3 Å². The number of nitrogens with zero attached hydrogens (tertiary/aromatic N) is 2. The lowest BCUT2D eigenvalue weighted by molar-refractivity contribution is 0.0949. The fourth-order valence-corrected chi connectivity index (χ4v) is 3.00. The number of carbonyl (C=O) groups is 1. The summed E-state index contributed by atoms with van der Waals surface area (Å²) in [4.78, 5) is 20.7. The highest BCUT2D eigenvalue weighted by Gasteiger charge is 2.15. The third kappa shape index (κ3) is 4.92. The summed E-state index contributed by atoms with van der Waals surface area (Å²) in [7, 11) is 1.64. The fourth-order valence-electron chi connectivity index (χ4n) is 3.00. The summed E-state index contributed by atoms with van der Waals surface area (Å²) in [5, 5.41) is 6.24. The van der Waals surface area contributed by atoms with E-state index in [1.807, 2.05) is 24.3 Å². The molecule has 0 spiro atoms. The molecule has 1 saturated carbocycles. The molecule has 2 aromatic rings. The van der Waals surface area contributed by atoms with E-state index in [4.69, 9.17) is 4.74 Å². The Labute approximate surface area is 148 Å². The quantitative estimate of drug-likeness (QED) is 0.810. The van der Waals surface area contributed by atoms with Crippen molar-refractivity contribution in [3.8, 4) is 5.75 Å². The predicted molar refractivity (Wildman–Crippen MR) is 96.9 cm³/mol. The van der Waals surface area contributed by atoms with Crippen LogP contribution >= 0.6 is 0 Å². The number of hydrogen-bond donors (Lipinski definition) is 2. The number of nitrogens with one attached hydrogen (secondary N) is 2. The van der Waals surface area contributed by atoms with E-state index in [9.17, 15) is 4.79 Å². The maximum atomic E-state index is 12.1. The molecule has 0 radical (unpaired) electrons.